The quantitative estimate of drug-likeness (QED) is 0.871. The molecule has 1 heterocycles. The molecule has 0 aromatic carbocycles. The molecule has 1 aromatic heterocycles. The second-order valence-corrected chi connectivity index (χ2v) is 6.52. The number of carbonyl (C=O) groups is 1. The average molecular weight is 284 g/mol. The molecule has 0 aliphatic rings. The molecular weight excluding hydrogens is 260 g/mol. The number of carboxylic acids is 1. The third-order valence-corrected chi connectivity index (χ3v) is 4.41. The predicted octanol–water partition coefficient (Wildman–Crippen LogP) is 3.30. The van der Waals surface area contributed by atoms with E-state index in [-0.39, 0.29) is 17.9 Å². The van der Waals surface area contributed by atoms with Crippen LogP contribution >= 0.6 is 11.3 Å². The van der Waals surface area contributed by atoms with Crippen molar-refractivity contribution in [3.05, 3.63) is 16.1 Å². The molecule has 1 aromatic rings. The van der Waals surface area contributed by atoms with Gasteiger partial charge in [0, 0.05) is 10.8 Å². The second-order valence-electron chi connectivity index (χ2n) is 5.66. The fourth-order valence-corrected chi connectivity index (χ4v) is 2.99. The van der Waals surface area contributed by atoms with E-state index in [2.05, 4.69) is 44.5 Å². The first-order valence-electron chi connectivity index (χ1n) is 6.71. The van der Waals surface area contributed by atoms with Gasteiger partial charge >= 0.3 is 5.97 Å². The van der Waals surface area contributed by atoms with Gasteiger partial charge in [-0.2, -0.15) is 0 Å². The summed E-state index contributed by atoms with van der Waals surface area (Å²) in [5.41, 5.74) is 0.904. The molecule has 0 amide bonds. The summed E-state index contributed by atoms with van der Waals surface area (Å²) < 4.78 is 0. The molecule has 0 aliphatic heterocycles. The maximum Gasteiger partial charge on any atom is 0.305 e. The zero-order chi connectivity index (χ0) is 14.6. The Balaban J connectivity index is 3.03. The van der Waals surface area contributed by atoms with Gasteiger partial charge in [0.1, 0.15) is 0 Å². The molecule has 108 valence electrons. The number of rotatable bonds is 6. The molecule has 0 aliphatic carbocycles. The lowest BCUT2D eigenvalue weighted by molar-refractivity contribution is -0.138. The molecule has 0 saturated heterocycles. The lowest BCUT2D eigenvalue weighted by atomic mass is 9.98. The second kappa shape index (κ2) is 6.48. The van der Waals surface area contributed by atoms with E-state index in [9.17, 15) is 4.79 Å². The Bertz CT molecular complexity index is 419. The number of hydrogen-bond acceptors (Lipinski definition) is 4. The van der Waals surface area contributed by atoms with Crippen LogP contribution in [0.1, 0.15) is 57.8 Å². The fourth-order valence-electron chi connectivity index (χ4n) is 2.03. The lowest BCUT2D eigenvalue weighted by Gasteiger charge is -2.27. The van der Waals surface area contributed by atoms with Gasteiger partial charge in [-0.05, 0) is 13.1 Å². The summed E-state index contributed by atoms with van der Waals surface area (Å²) >= 11 is 1.62. The highest BCUT2D eigenvalue weighted by molar-refractivity contribution is 7.09. The largest absolute Gasteiger partial charge is 0.481 e. The Hall–Kier alpha value is -0.940. The minimum Gasteiger partial charge on any atom is -0.481 e. The lowest BCUT2D eigenvalue weighted by Crippen LogP contribution is -2.30. The van der Waals surface area contributed by atoms with E-state index in [0.717, 1.165) is 23.8 Å². The standard InChI is InChI=1S/C14H24N2O2S/c1-6-16(7-2)11(8-12(17)18)10-9-19-13(15-10)14(3,4)5/h9,11H,6-8H2,1-5H3,(H,17,18). The molecule has 1 unspecified atom stereocenters. The van der Waals surface area contributed by atoms with Crippen LogP contribution in [0.2, 0.25) is 0 Å². The molecule has 0 bridgehead atoms. The van der Waals surface area contributed by atoms with Gasteiger partial charge in [-0.3, -0.25) is 9.69 Å². The van der Waals surface area contributed by atoms with Crippen molar-refractivity contribution < 1.29 is 9.90 Å². The molecule has 0 fully saturated rings. The van der Waals surface area contributed by atoms with Crippen molar-refractivity contribution in [2.75, 3.05) is 13.1 Å². The van der Waals surface area contributed by atoms with Crippen molar-refractivity contribution in [2.45, 2.75) is 52.5 Å². The molecule has 1 N–H and O–H groups in total. The predicted molar refractivity (Wildman–Crippen MR) is 78.7 cm³/mol. The maximum absolute atomic E-state index is 11.1. The van der Waals surface area contributed by atoms with E-state index in [0.29, 0.717) is 0 Å². The monoisotopic (exact) mass is 284 g/mol. The highest BCUT2D eigenvalue weighted by Gasteiger charge is 2.26. The van der Waals surface area contributed by atoms with E-state index >= 15 is 0 Å². The summed E-state index contributed by atoms with van der Waals surface area (Å²) in [6, 6.07) is -0.125. The minimum absolute atomic E-state index is 0.0138. The number of nitrogens with zero attached hydrogens (tertiary/aromatic N) is 2. The summed E-state index contributed by atoms with van der Waals surface area (Å²) in [6.45, 7) is 12.1. The van der Waals surface area contributed by atoms with Crippen LogP contribution in [0.3, 0.4) is 0 Å². The molecule has 5 heteroatoms. The van der Waals surface area contributed by atoms with Crippen molar-refractivity contribution in [3.8, 4) is 0 Å². The molecule has 0 radical (unpaired) electrons. The van der Waals surface area contributed by atoms with Crippen LogP contribution in [0.4, 0.5) is 0 Å². The van der Waals surface area contributed by atoms with Gasteiger partial charge in [-0.25, -0.2) is 4.98 Å². The smallest absolute Gasteiger partial charge is 0.305 e. The van der Waals surface area contributed by atoms with E-state index in [1.165, 1.54) is 0 Å². The first kappa shape index (κ1) is 16.1. The van der Waals surface area contributed by atoms with Crippen LogP contribution in [-0.4, -0.2) is 34.0 Å². The topological polar surface area (TPSA) is 53.4 Å². The SMILES string of the molecule is CCN(CC)C(CC(=O)O)c1csc(C(C)(C)C)n1. The Kier molecular flexibility index (Phi) is 5.50. The molecule has 1 rings (SSSR count). The van der Waals surface area contributed by atoms with Crippen LogP contribution in [0, 0.1) is 0 Å². The number of thiazole rings is 1. The van der Waals surface area contributed by atoms with Crippen LogP contribution < -0.4 is 0 Å². The Morgan fingerprint density at radius 2 is 2.00 bits per heavy atom. The van der Waals surface area contributed by atoms with Gasteiger partial charge in [-0.1, -0.05) is 34.6 Å². The Morgan fingerprint density at radius 1 is 1.42 bits per heavy atom. The van der Waals surface area contributed by atoms with Gasteiger partial charge in [0.05, 0.1) is 23.2 Å². The van der Waals surface area contributed by atoms with E-state index in [4.69, 9.17) is 5.11 Å². The summed E-state index contributed by atoms with van der Waals surface area (Å²) in [4.78, 5) is 17.9. The third kappa shape index (κ3) is 4.28. The maximum atomic E-state index is 11.1. The minimum atomic E-state index is -0.776. The summed E-state index contributed by atoms with van der Waals surface area (Å²) in [5.74, 6) is -0.776. The zero-order valence-electron chi connectivity index (χ0n) is 12.4. The van der Waals surface area contributed by atoms with Crippen molar-refractivity contribution in [1.82, 2.24) is 9.88 Å². The summed E-state index contributed by atoms with van der Waals surface area (Å²) in [7, 11) is 0. The highest BCUT2D eigenvalue weighted by Crippen LogP contribution is 2.31. The van der Waals surface area contributed by atoms with Crippen LogP contribution in [0.25, 0.3) is 0 Å². The molecular formula is C14H24N2O2S. The highest BCUT2D eigenvalue weighted by atomic mass is 32.1. The number of aliphatic carboxylic acids is 1. The van der Waals surface area contributed by atoms with Gasteiger partial charge in [0.25, 0.3) is 0 Å². The number of carboxylic acid groups (broad SMARTS) is 1. The van der Waals surface area contributed by atoms with Gasteiger partial charge in [-0.15, -0.1) is 11.3 Å². The first-order chi connectivity index (χ1) is 8.79. The average Bonchev–Trinajstić information content (AvgIpc) is 2.77. The normalized spacial score (nSPS) is 13.8. The number of hydrogen-bond donors (Lipinski definition) is 1. The molecule has 0 spiro atoms. The van der Waals surface area contributed by atoms with Crippen molar-refractivity contribution in [3.63, 3.8) is 0 Å². The Labute approximate surface area is 119 Å². The van der Waals surface area contributed by atoms with Crippen LogP contribution in [-0.2, 0) is 10.2 Å². The molecule has 0 saturated carbocycles. The van der Waals surface area contributed by atoms with Crippen molar-refractivity contribution >= 4 is 17.3 Å². The molecule has 1 atom stereocenters. The van der Waals surface area contributed by atoms with E-state index < -0.39 is 5.97 Å². The van der Waals surface area contributed by atoms with Crippen molar-refractivity contribution in [1.29, 1.82) is 0 Å². The van der Waals surface area contributed by atoms with Gasteiger partial charge in [0.15, 0.2) is 0 Å². The number of aromatic nitrogens is 1. The van der Waals surface area contributed by atoms with Crippen LogP contribution in [0.15, 0.2) is 5.38 Å². The van der Waals surface area contributed by atoms with Gasteiger partial charge in [0.2, 0.25) is 0 Å². The third-order valence-electron chi connectivity index (χ3n) is 3.13. The summed E-state index contributed by atoms with van der Waals surface area (Å²) in [5, 5.41) is 12.2. The zero-order valence-corrected chi connectivity index (χ0v) is 13.3. The summed E-state index contributed by atoms with van der Waals surface area (Å²) in [6.07, 6.45) is 0.106. The Morgan fingerprint density at radius 3 is 2.37 bits per heavy atom. The van der Waals surface area contributed by atoms with Gasteiger partial charge < -0.3 is 5.11 Å². The van der Waals surface area contributed by atoms with Crippen LogP contribution in [0.5, 0.6) is 0 Å². The molecule has 19 heavy (non-hydrogen) atoms. The van der Waals surface area contributed by atoms with E-state index in [1.54, 1.807) is 11.3 Å². The van der Waals surface area contributed by atoms with Crippen molar-refractivity contribution in [2.24, 2.45) is 0 Å². The fraction of sp³-hybridized carbons (Fsp3) is 0.714. The van der Waals surface area contributed by atoms with E-state index in [1.807, 2.05) is 5.38 Å². The first-order valence-corrected chi connectivity index (χ1v) is 7.59. The molecule has 4 nitrogen and oxygen atoms in total.